The highest BCUT2D eigenvalue weighted by molar-refractivity contribution is 5.83. The minimum atomic E-state index is -0.742. The van der Waals surface area contributed by atoms with E-state index < -0.39 is 12.1 Å². The third kappa shape index (κ3) is 3.31. The first-order valence-corrected chi connectivity index (χ1v) is 7.43. The van der Waals surface area contributed by atoms with Crippen molar-refractivity contribution in [3.8, 4) is 11.5 Å². The molecule has 124 valence electrons. The summed E-state index contributed by atoms with van der Waals surface area (Å²) in [5, 5.41) is 12.7. The normalized spacial score (nSPS) is 22.7. The highest BCUT2D eigenvalue weighted by atomic mass is 16.7. The Labute approximate surface area is 133 Å². The summed E-state index contributed by atoms with van der Waals surface area (Å²) in [6.07, 6.45) is -0.0509. The Morgan fingerprint density at radius 1 is 1.35 bits per heavy atom. The smallest absolute Gasteiger partial charge is 0.312 e. The fourth-order valence-corrected chi connectivity index (χ4v) is 2.97. The minimum absolute atomic E-state index is 0.0716. The molecule has 1 aromatic carbocycles. The van der Waals surface area contributed by atoms with Crippen molar-refractivity contribution in [3.05, 3.63) is 23.8 Å². The lowest BCUT2D eigenvalue weighted by Crippen LogP contribution is -2.49. The van der Waals surface area contributed by atoms with E-state index in [0.29, 0.717) is 24.5 Å². The van der Waals surface area contributed by atoms with Crippen LogP contribution in [-0.2, 0) is 4.79 Å². The number of likely N-dealkylation sites (tertiary alicyclic amines) is 1. The highest BCUT2D eigenvalue weighted by Gasteiger charge is 2.32. The van der Waals surface area contributed by atoms with Crippen LogP contribution in [0.5, 0.6) is 11.5 Å². The minimum Gasteiger partial charge on any atom is -0.454 e. The number of benzene rings is 1. The first-order valence-electron chi connectivity index (χ1n) is 7.43. The van der Waals surface area contributed by atoms with Gasteiger partial charge in [-0.2, -0.15) is 0 Å². The molecule has 1 aromatic rings. The highest BCUT2D eigenvalue weighted by Crippen LogP contribution is 2.37. The van der Waals surface area contributed by atoms with Crippen molar-refractivity contribution in [2.45, 2.75) is 18.4 Å². The van der Waals surface area contributed by atoms with Gasteiger partial charge in [0.1, 0.15) is 0 Å². The maximum absolute atomic E-state index is 12.0. The van der Waals surface area contributed by atoms with E-state index in [1.165, 1.54) is 4.90 Å². The Balaban J connectivity index is 1.62. The van der Waals surface area contributed by atoms with Crippen LogP contribution in [0.4, 0.5) is 4.79 Å². The van der Waals surface area contributed by atoms with E-state index in [2.05, 4.69) is 5.32 Å². The zero-order valence-electron chi connectivity index (χ0n) is 12.5. The molecule has 23 heavy (non-hydrogen) atoms. The van der Waals surface area contributed by atoms with Crippen molar-refractivity contribution in [2.75, 3.05) is 26.4 Å². The van der Waals surface area contributed by atoms with Gasteiger partial charge < -0.3 is 30.5 Å². The monoisotopic (exact) mass is 321 g/mol. The average molecular weight is 321 g/mol. The second kappa shape index (κ2) is 6.33. The average Bonchev–Trinajstić information content (AvgIpc) is 2.99. The largest absolute Gasteiger partial charge is 0.454 e. The van der Waals surface area contributed by atoms with Gasteiger partial charge in [-0.15, -0.1) is 0 Å². The maximum atomic E-state index is 12.0. The van der Waals surface area contributed by atoms with Gasteiger partial charge in [-0.05, 0) is 24.1 Å². The standard InChI is InChI=1S/C15H19N3O5/c16-15(21)17-6-14(20)18-4-3-10(11(19)7-18)9-1-2-12-13(5-9)23-8-22-12/h1-2,5,10-11,19H,3-4,6-8H2,(H3,16,17,21)/t10-,11+/m0/s1. The van der Waals surface area contributed by atoms with Crippen LogP contribution in [0.15, 0.2) is 18.2 Å². The fraction of sp³-hybridized carbons (Fsp3) is 0.467. The zero-order chi connectivity index (χ0) is 16.4. The molecule has 4 N–H and O–H groups in total. The maximum Gasteiger partial charge on any atom is 0.312 e. The van der Waals surface area contributed by atoms with Gasteiger partial charge >= 0.3 is 6.03 Å². The van der Waals surface area contributed by atoms with Crippen LogP contribution in [0.3, 0.4) is 0 Å². The molecule has 0 radical (unpaired) electrons. The molecule has 0 unspecified atom stereocenters. The third-order valence-electron chi connectivity index (χ3n) is 4.17. The van der Waals surface area contributed by atoms with Crippen LogP contribution in [0.1, 0.15) is 17.9 Å². The molecule has 0 saturated carbocycles. The van der Waals surface area contributed by atoms with E-state index in [4.69, 9.17) is 15.2 Å². The van der Waals surface area contributed by atoms with Crippen LogP contribution >= 0.6 is 0 Å². The van der Waals surface area contributed by atoms with Crippen molar-refractivity contribution >= 4 is 11.9 Å². The van der Waals surface area contributed by atoms with E-state index in [9.17, 15) is 14.7 Å². The predicted octanol–water partition coefficient (Wildman–Crippen LogP) is -0.240. The topological polar surface area (TPSA) is 114 Å². The van der Waals surface area contributed by atoms with E-state index in [1.807, 2.05) is 18.2 Å². The van der Waals surface area contributed by atoms with Gasteiger partial charge in [0.2, 0.25) is 12.7 Å². The third-order valence-corrected chi connectivity index (χ3v) is 4.17. The number of β-amino-alcohol motifs (C(OH)–C–C–N with tert-alkyl or cyclic N) is 1. The lowest BCUT2D eigenvalue weighted by atomic mass is 9.87. The first-order chi connectivity index (χ1) is 11.0. The van der Waals surface area contributed by atoms with Crippen molar-refractivity contribution in [1.82, 2.24) is 10.2 Å². The molecule has 0 spiro atoms. The summed E-state index contributed by atoms with van der Waals surface area (Å²) in [4.78, 5) is 24.1. The first kappa shape index (κ1) is 15.4. The summed E-state index contributed by atoms with van der Waals surface area (Å²) in [5.41, 5.74) is 5.91. The van der Waals surface area contributed by atoms with Crippen LogP contribution < -0.4 is 20.5 Å². The Kier molecular flexibility index (Phi) is 4.24. The fourth-order valence-electron chi connectivity index (χ4n) is 2.97. The molecule has 8 nitrogen and oxygen atoms in total. The number of nitrogens with two attached hydrogens (primary N) is 1. The quantitative estimate of drug-likeness (QED) is 0.711. The van der Waals surface area contributed by atoms with Gasteiger partial charge in [0.25, 0.3) is 0 Å². The van der Waals surface area contributed by atoms with Gasteiger partial charge in [0, 0.05) is 19.0 Å². The number of nitrogens with zero attached hydrogens (tertiary/aromatic N) is 1. The summed E-state index contributed by atoms with van der Waals surface area (Å²) in [6, 6.07) is 4.88. The molecule has 1 saturated heterocycles. The lowest BCUT2D eigenvalue weighted by Gasteiger charge is -2.36. The van der Waals surface area contributed by atoms with Gasteiger partial charge in [-0.1, -0.05) is 6.07 Å². The molecule has 2 aliphatic heterocycles. The Hall–Kier alpha value is -2.48. The molecule has 2 heterocycles. The molecular weight excluding hydrogens is 302 g/mol. The van der Waals surface area contributed by atoms with Crippen molar-refractivity contribution < 1.29 is 24.2 Å². The molecule has 0 aliphatic carbocycles. The lowest BCUT2D eigenvalue weighted by molar-refractivity contribution is -0.133. The number of carbonyl (C=O) groups excluding carboxylic acids is 2. The van der Waals surface area contributed by atoms with Crippen molar-refractivity contribution in [2.24, 2.45) is 5.73 Å². The van der Waals surface area contributed by atoms with Crippen LogP contribution in [0.2, 0.25) is 0 Å². The van der Waals surface area contributed by atoms with Crippen LogP contribution in [0, 0.1) is 0 Å². The molecular formula is C15H19N3O5. The summed E-state index contributed by atoms with van der Waals surface area (Å²) in [7, 11) is 0. The summed E-state index contributed by atoms with van der Waals surface area (Å²) < 4.78 is 10.6. The van der Waals surface area contributed by atoms with Gasteiger partial charge in [0.05, 0.1) is 12.6 Å². The number of ether oxygens (including phenoxy) is 2. The van der Waals surface area contributed by atoms with Crippen molar-refractivity contribution in [1.29, 1.82) is 0 Å². The van der Waals surface area contributed by atoms with Gasteiger partial charge in [-0.3, -0.25) is 4.79 Å². The van der Waals surface area contributed by atoms with E-state index in [1.54, 1.807) is 0 Å². The number of aliphatic hydroxyl groups excluding tert-OH is 1. The molecule has 2 aliphatic rings. The molecule has 8 heteroatoms. The number of primary amides is 1. The second-order valence-corrected chi connectivity index (χ2v) is 5.63. The summed E-state index contributed by atoms with van der Waals surface area (Å²) >= 11 is 0. The number of hydrogen-bond donors (Lipinski definition) is 3. The Morgan fingerprint density at radius 3 is 2.87 bits per heavy atom. The van der Waals surface area contributed by atoms with Gasteiger partial charge in [0.15, 0.2) is 11.5 Å². The summed E-state index contributed by atoms with van der Waals surface area (Å²) in [6.45, 7) is 0.783. The molecule has 1 fully saturated rings. The second-order valence-electron chi connectivity index (χ2n) is 5.63. The zero-order valence-corrected chi connectivity index (χ0v) is 12.5. The molecule has 0 aromatic heterocycles. The number of amides is 3. The van der Waals surface area contributed by atoms with Crippen LogP contribution in [0.25, 0.3) is 0 Å². The molecule has 0 bridgehead atoms. The Bertz CT molecular complexity index is 621. The number of aliphatic hydroxyl groups is 1. The molecule has 3 amide bonds. The number of hydrogen-bond acceptors (Lipinski definition) is 5. The van der Waals surface area contributed by atoms with Crippen molar-refractivity contribution in [3.63, 3.8) is 0 Å². The van der Waals surface area contributed by atoms with Crippen LogP contribution in [-0.4, -0.2) is 54.5 Å². The molecule has 2 atom stereocenters. The number of nitrogens with one attached hydrogen (secondary N) is 1. The number of piperidine rings is 1. The number of urea groups is 1. The van der Waals surface area contributed by atoms with E-state index >= 15 is 0 Å². The number of rotatable bonds is 3. The predicted molar refractivity (Wildman–Crippen MR) is 80.1 cm³/mol. The Morgan fingerprint density at radius 2 is 2.13 bits per heavy atom. The molecule has 3 rings (SSSR count). The number of fused-ring (bicyclic) bond motifs is 1. The SMILES string of the molecule is NC(=O)NCC(=O)N1CC[C@@H](c2ccc3c(c2)OCO3)[C@H](O)C1. The van der Waals surface area contributed by atoms with Gasteiger partial charge in [-0.25, -0.2) is 4.79 Å². The number of carbonyl (C=O) groups is 2. The van der Waals surface area contributed by atoms with E-state index in [-0.39, 0.29) is 31.7 Å². The summed E-state index contributed by atoms with van der Waals surface area (Å²) in [5.74, 6) is 1.05. The van der Waals surface area contributed by atoms with E-state index in [0.717, 1.165) is 5.56 Å².